The van der Waals surface area contributed by atoms with Crippen LogP contribution in [0.15, 0.2) is 0 Å². The Kier molecular flexibility index (Phi) is 4.62. The Morgan fingerprint density at radius 1 is 0.889 bits per heavy atom. The van der Waals surface area contributed by atoms with Crippen LogP contribution in [0.5, 0.6) is 0 Å². The smallest absolute Gasteiger partial charge is 0.401 e. The quantitative estimate of drug-likeness (QED) is 0.200. The number of hydrogen-bond acceptors (Lipinski definition) is 7. The van der Waals surface area contributed by atoms with Gasteiger partial charge in [-0.3, -0.25) is 10.5 Å². The molecule has 4 N–H and O–H groups in total. The molecule has 9 heteroatoms. The Bertz CT molecular complexity index is 55.9. The average Bonchev–Trinajstić information content (AvgIpc) is 1.87. The highest BCUT2D eigenvalue weighted by Gasteiger charge is 2.26. The van der Waals surface area contributed by atoms with E-state index >= 15 is 0 Å². The summed E-state index contributed by atoms with van der Waals surface area (Å²) in [5.41, 5.74) is 0. The van der Waals surface area contributed by atoms with E-state index in [9.17, 15) is 0 Å². The van der Waals surface area contributed by atoms with Crippen LogP contribution in [0.1, 0.15) is 0 Å². The first kappa shape index (κ1) is 8.85. The lowest BCUT2D eigenvalue weighted by Crippen LogP contribution is -2.32. The molecule has 0 atom stereocenters. The predicted octanol–water partition coefficient (Wildman–Crippen LogP) is -2.06. The van der Waals surface area contributed by atoms with Gasteiger partial charge in [-0.2, -0.15) is 0 Å². The molecule has 0 spiro atoms. The standard InChI is InChI=1S/B2H4O7/c3-1(8-5)7-2(4)9-6/h3-6H. The van der Waals surface area contributed by atoms with Crippen LogP contribution in [0.3, 0.4) is 0 Å². The Balaban J connectivity index is 3.22. The van der Waals surface area contributed by atoms with Crippen molar-refractivity contribution >= 4 is 14.6 Å². The van der Waals surface area contributed by atoms with Crippen molar-refractivity contribution < 1.29 is 34.7 Å². The van der Waals surface area contributed by atoms with Crippen LogP contribution in [0.2, 0.25) is 0 Å². The fourth-order valence-electron chi connectivity index (χ4n) is 0.149. The van der Waals surface area contributed by atoms with Gasteiger partial charge in [-0.15, -0.1) is 0 Å². The second kappa shape index (κ2) is 4.70. The van der Waals surface area contributed by atoms with Gasteiger partial charge < -0.3 is 14.6 Å². The van der Waals surface area contributed by atoms with Gasteiger partial charge in [0.2, 0.25) is 0 Å². The van der Waals surface area contributed by atoms with Crippen LogP contribution in [0.25, 0.3) is 0 Å². The molecule has 0 saturated heterocycles. The fourth-order valence-corrected chi connectivity index (χ4v) is 0.149. The third-order valence-electron chi connectivity index (χ3n) is 0.413. The summed E-state index contributed by atoms with van der Waals surface area (Å²) in [7, 11) is -4.10. The van der Waals surface area contributed by atoms with Gasteiger partial charge in [0.1, 0.15) is 0 Å². The molecule has 0 aromatic carbocycles. The van der Waals surface area contributed by atoms with E-state index in [2.05, 4.69) is 14.2 Å². The summed E-state index contributed by atoms with van der Waals surface area (Å²) in [4.78, 5) is 6.21. The molecule has 9 heavy (non-hydrogen) atoms. The van der Waals surface area contributed by atoms with Crippen LogP contribution in [-0.4, -0.2) is 35.2 Å². The van der Waals surface area contributed by atoms with E-state index in [1.807, 2.05) is 0 Å². The van der Waals surface area contributed by atoms with Gasteiger partial charge in [-0.25, -0.2) is 9.61 Å². The van der Waals surface area contributed by atoms with Crippen molar-refractivity contribution in [1.29, 1.82) is 0 Å². The van der Waals surface area contributed by atoms with Crippen molar-refractivity contribution in [3.8, 4) is 0 Å². The first-order valence-electron chi connectivity index (χ1n) is 1.82. The zero-order valence-electron chi connectivity index (χ0n) is 4.17. The van der Waals surface area contributed by atoms with Crippen molar-refractivity contribution in [2.45, 2.75) is 0 Å². The minimum atomic E-state index is -2.05. The lowest BCUT2D eigenvalue weighted by Gasteiger charge is -2.02. The maximum atomic E-state index is 8.11. The molecule has 0 amide bonds. The van der Waals surface area contributed by atoms with E-state index in [-0.39, 0.29) is 0 Å². The van der Waals surface area contributed by atoms with E-state index in [0.717, 1.165) is 0 Å². The molecule has 7 nitrogen and oxygen atoms in total. The maximum Gasteiger partial charge on any atom is 0.653 e. The van der Waals surface area contributed by atoms with Crippen molar-refractivity contribution in [2.75, 3.05) is 0 Å². The van der Waals surface area contributed by atoms with E-state index in [0.29, 0.717) is 0 Å². The second-order valence-electron chi connectivity index (χ2n) is 0.961. The summed E-state index contributed by atoms with van der Waals surface area (Å²) in [5.74, 6) is 0. The van der Waals surface area contributed by atoms with Gasteiger partial charge >= 0.3 is 14.6 Å². The highest BCUT2D eigenvalue weighted by molar-refractivity contribution is 6.49. The molecule has 0 fully saturated rings. The Morgan fingerprint density at radius 3 is 1.44 bits per heavy atom. The van der Waals surface area contributed by atoms with Crippen molar-refractivity contribution in [3.05, 3.63) is 0 Å². The molecule has 52 valence electrons. The SMILES string of the molecule is OOB(O)OB(O)OO. The molecule has 0 heterocycles. The van der Waals surface area contributed by atoms with Gasteiger partial charge in [0.05, 0.1) is 0 Å². The number of hydrogen-bond donors (Lipinski definition) is 4. The molecule has 0 bridgehead atoms. The second-order valence-corrected chi connectivity index (χ2v) is 0.961. The van der Waals surface area contributed by atoms with Crippen molar-refractivity contribution in [2.24, 2.45) is 0 Å². The zero-order chi connectivity index (χ0) is 7.28. The molecule has 0 radical (unpaired) electrons. The minimum absolute atomic E-state index is 2.05. The van der Waals surface area contributed by atoms with Crippen molar-refractivity contribution in [1.82, 2.24) is 0 Å². The first-order chi connectivity index (χ1) is 4.20. The molecule has 0 aliphatic carbocycles. The molecule has 0 unspecified atom stereocenters. The summed E-state index contributed by atoms with van der Waals surface area (Å²) in [6.45, 7) is 0. The Labute approximate surface area is 50.6 Å². The van der Waals surface area contributed by atoms with E-state index in [1.165, 1.54) is 0 Å². The van der Waals surface area contributed by atoms with Crippen LogP contribution in [-0.2, 0) is 14.2 Å². The van der Waals surface area contributed by atoms with E-state index in [1.54, 1.807) is 0 Å². The molecular formula is H4B2O7. The number of rotatable bonds is 4. The third kappa shape index (κ3) is 4.36. The molecule has 0 aromatic rings. The van der Waals surface area contributed by atoms with Crippen LogP contribution in [0, 0.1) is 0 Å². The van der Waals surface area contributed by atoms with Crippen LogP contribution in [0.4, 0.5) is 0 Å². The van der Waals surface area contributed by atoms with Gasteiger partial charge in [0.25, 0.3) is 0 Å². The molecule has 0 aliphatic rings. The Morgan fingerprint density at radius 2 is 1.22 bits per heavy atom. The van der Waals surface area contributed by atoms with Crippen LogP contribution < -0.4 is 0 Å². The summed E-state index contributed by atoms with van der Waals surface area (Å²) in [6.07, 6.45) is 0. The lowest BCUT2D eigenvalue weighted by atomic mass is 10.1. The Hall–Kier alpha value is -0.150. The third-order valence-corrected chi connectivity index (χ3v) is 0.413. The fraction of sp³-hybridized carbons (Fsp3) is 0. The van der Waals surface area contributed by atoms with E-state index < -0.39 is 14.6 Å². The van der Waals surface area contributed by atoms with Gasteiger partial charge in [0, 0.05) is 0 Å². The molecule has 0 aromatic heterocycles. The lowest BCUT2D eigenvalue weighted by molar-refractivity contribution is -0.192. The summed E-state index contributed by atoms with van der Waals surface area (Å²) in [5, 5.41) is 31.3. The molecule has 0 saturated carbocycles. The van der Waals surface area contributed by atoms with Gasteiger partial charge in [-0.1, -0.05) is 0 Å². The van der Waals surface area contributed by atoms with E-state index in [4.69, 9.17) is 20.6 Å². The summed E-state index contributed by atoms with van der Waals surface area (Å²) >= 11 is 0. The average molecular weight is 138 g/mol. The van der Waals surface area contributed by atoms with Gasteiger partial charge in [-0.05, 0) is 0 Å². The normalized spacial score (nSPS) is 9.33. The first-order valence-corrected chi connectivity index (χ1v) is 1.82. The summed E-state index contributed by atoms with van der Waals surface area (Å²) in [6, 6.07) is 0. The van der Waals surface area contributed by atoms with Crippen LogP contribution >= 0.6 is 0 Å². The topological polar surface area (TPSA) is 109 Å². The molecule has 0 rings (SSSR count). The largest absolute Gasteiger partial charge is 0.653 e. The highest BCUT2D eigenvalue weighted by Crippen LogP contribution is 1.84. The minimum Gasteiger partial charge on any atom is -0.401 e. The zero-order valence-corrected chi connectivity index (χ0v) is 4.17. The molecular weight excluding hydrogens is 134 g/mol. The maximum absolute atomic E-state index is 8.11. The monoisotopic (exact) mass is 138 g/mol. The summed E-state index contributed by atoms with van der Waals surface area (Å²) < 4.78 is 3.72. The predicted molar refractivity (Wildman–Crippen MR) is 24.5 cm³/mol. The van der Waals surface area contributed by atoms with Gasteiger partial charge in [0.15, 0.2) is 0 Å². The highest BCUT2D eigenvalue weighted by atomic mass is 17.1. The van der Waals surface area contributed by atoms with Crippen molar-refractivity contribution in [3.63, 3.8) is 0 Å². The molecule has 0 aliphatic heterocycles.